The Morgan fingerprint density at radius 1 is 1.08 bits per heavy atom. The van der Waals surface area contributed by atoms with Crippen molar-refractivity contribution >= 4 is 18.3 Å². The monoisotopic (exact) mass is 350 g/mol. The lowest BCUT2D eigenvalue weighted by atomic mass is 9.73. The second-order valence-corrected chi connectivity index (χ2v) is 7.34. The topological polar surface area (TPSA) is 50.4 Å². The van der Waals surface area contributed by atoms with Gasteiger partial charge in [-0.25, -0.2) is 0 Å². The van der Waals surface area contributed by atoms with E-state index in [4.69, 9.17) is 4.74 Å². The van der Waals surface area contributed by atoms with Crippen LogP contribution >= 0.6 is 12.4 Å². The quantitative estimate of drug-likeness (QED) is 0.880. The van der Waals surface area contributed by atoms with Gasteiger partial charge in [0, 0.05) is 31.3 Å². The van der Waals surface area contributed by atoms with Crippen molar-refractivity contribution in [3.8, 4) is 0 Å². The first kappa shape index (κ1) is 17.7. The van der Waals surface area contributed by atoms with E-state index in [1.807, 2.05) is 18.2 Å². The van der Waals surface area contributed by atoms with Crippen molar-refractivity contribution in [3.05, 3.63) is 35.9 Å². The van der Waals surface area contributed by atoms with E-state index in [0.717, 1.165) is 31.2 Å². The smallest absolute Gasteiger partial charge is 0.231 e. The Morgan fingerprint density at radius 2 is 1.71 bits per heavy atom. The van der Waals surface area contributed by atoms with Gasteiger partial charge in [-0.05, 0) is 44.1 Å². The van der Waals surface area contributed by atoms with E-state index in [-0.39, 0.29) is 18.3 Å². The van der Waals surface area contributed by atoms with Crippen LogP contribution in [0.5, 0.6) is 0 Å². The molecular weight excluding hydrogens is 324 g/mol. The van der Waals surface area contributed by atoms with Crippen molar-refractivity contribution in [2.45, 2.75) is 62.1 Å². The van der Waals surface area contributed by atoms with Crippen molar-refractivity contribution in [2.24, 2.45) is 0 Å². The summed E-state index contributed by atoms with van der Waals surface area (Å²) in [6, 6.07) is 11.8. The number of hydrogen-bond donors (Lipinski definition) is 2. The van der Waals surface area contributed by atoms with Crippen molar-refractivity contribution < 1.29 is 9.53 Å². The van der Waals surface area contributed by atoms with E-state index in [1.54, 1.807) is 0 Å². The summed E-state index contributed by atoms with van der Waals surface area (Å²) in [5.74, 6) is 0.207. The molecule has 0 aromatic heterocycles. The zero-order valence-electron chi connectivity index (χ0n) is 14.0. The minimum Gasteiger partial charge on any atom is -0.381 e. The number of benzene rings is 1. The van der Waals surface area contributed by atoms with Crippen LogP contribution in [0.4, 0.5) is 0 Å². The number of piperidine rings is 1. The fourth-order valence-electron chi connectivity index (χ4n) is 4.62. The first-order valence-corrected chi connectivity index (χ1v) is 8.96. The number of amides is 1. The molecule has 0 saturated carbocycles. The van der Waals surface area contributed by atoms with Gasteiger partial charge in [-0.1, -0.05) is 30.3 Å². The van der Waals surface area contributed by atoms with Gasteiger partial charge in [0.05, 0.1) is 5.41 Å². The molecule has 2 atom stereocenters. The molecule has 3 saturated heterocycles. The average molecular weight is 351 g/mol. The predicted octanol–water partition coefficient (Wildman–Crippen LogP) is 2.56. The van der Waals surface area contributed by atoms with Gasteiger partial charge in [0.1, 0.15) is 0 Å². The van der Waals surface area contributed by atoms with Crippen LogP contribution in [0.25, 0.3) is 0 Å². The van der Waals surface area contributed by atoms with Crippen LogP contribution in [-0.2, 0) is 14.9 Å². The molecule has 1 amide bonds. The number of nitrogens with one attached hydrogen (secondary N) is 2. The Balaban J connectivity index is 0.00000169. The highest BCUT2D eigenvalue weighted by molar-refractivity contribution is 5.88. The molecule has 1 aromatic rings. The largest absolute Gasteiger partial charge is 0.381 e. The number of hydrogen-bond acceptors (Lipinski definition) is 3. The van der Waals surface area contributed by atoms with Crippen LogP contribution in [0.15, 0.2) is 30.3 Å². The van der Waals surface area contributed by atoms with Gasteiger partial charge in [-0.15, -0.1) is 12.4 Å². The van der Waals surface area contributed by atoms with Crippen molar-refractivity contribution in [1.29, 1.82) is 0 Å². The third-order valence-electron chi connectivity index (χ3n) is 5.92. The summed E-state index contributed by atoms with van der Waals surface area (Å²) < 4.78 is 5.54. The van der Waals surface area contributed by atoms with Crippen LogP contribution in [-0.4, -0.2) is 37.2 Å². The zero-order chi connectivity index (χ0) is 15.7. The first-order chi connectivity index (χ1) is 11.3. The molecule has 132 valence electrons. The van der Waals surface area contributed by atoms with Gasteiger partial charge in [0.25, 0.3) is 0 Å². The zero-order valence-corrected chi connectivity index (χ0v) is 14.8. The van der Waals surface area contributed by atoms with E-state index in [0.29, 0.717) is 31.3 Å². The lowest BCUT2D eigenvalue weighted by molar-refractivity contribution is -0.131. The Kier molecular flexibility index (Phi) is 5.48. The number of rotatable bonds is 3. The van der Waals surface area contributed by atoms with Crippen LogP contribution in [0.2, 0.25) is 0 Å². The third-order valence-corrected chi connectivity index (χ3v) is 5.92. The second-order valence-electron chi connectivity index (χ2n) is 7.34. The SMILES string of the molecule is Cl.O=C(NC1CC2CCC(C1)N2)C1(c2ccccc2)CCOCC1. The molecule has 3 aliphatic rings. The highest BCUT2D eigenvalue weighted by atomic mass is 35.5. The molecule has 2 bridgehead atoms. The highest BCUT2D eigenvalue weighted by Gasteiger charge is 2.43. The minimum absolute atomic E-state index is 0. The Labute approximate surface area is 150 Å². The molecule has 0 spiro atoms. The van der Waals surface area contributed by atoms with Crippen molar-refractivity contribution in [3.63, 3.8) is 0 Å². The summed E-state index contributed by atoms with van der Waals surface area (Å²) in [5.41, 5.74) is 0.724. The molecule has 4 nitrogen and oxygen atoms in total. The Morgan fingerprint density at radius 3 is 2.33 bits per heavy atom. The van der Waals surface area contributed by atoms with E-state index in [2.05, 4.69) is 22.8 Å². The first-order valence-electron chi connectivity index (χ1n) is 8.96. The minimum atomic E-state index is -0.413. The van der Waals surface area contributed by atoms with E-state index < -0.39 is 5.41 Å². The maximum atomic E-state index is 13.2. The maximum Gasteiger partial charge on any atom is 0.231 e. The van der Waals surface area contributed by atoms with Crippen molar-refractivity contribution in [2.75, 3.05) is 13.2 Å². The van der Waals surface area contributed by atoms with Gasteiger partial charge in [0.2, 0.25) is 5.91 Å². The molecule has 2 N–H and O–H groups in total. The molecule has 0 aliphatic carbocycles. The van der Waals surface area contributed by atoms with Gasteiger partial charge in [0.15, 0.2) is 0 Å². The van der Waals surface area contributed by atoms with E-state index in [9.17, 15) is 4.79 Å². The predicted molar refractivity (Wildman–Crippen MR) is 96.5 cm³/mol. The molecule has 2 unspecified atom stereocenters. The van der Waals surface area contributed by atoms with E-state index >= 15 is 0 Å². The third kappa shape index (κ3) is 3.32. The van der Waals surface area contributed by atoms with Crippen LogP contribution in [0, 0.1) is 0 Å². The standard InChI is InChI=1S/C19H26N2O2.ClH/c22-18(21-17-12-15-6-7-16(13-17)20-15)19(8-10-23-11-9-19)14-4-2-1-3-5-14;/h1-5,15-17,20H,6-13H2,(H,21,22);1H. The molecule has 3 heterocycles. The van der Waals surface area contributed by atoms with Gasteiger partial charge in [-0.2, -0.15) is 0 Å². The lowest BCUT2D eigenvalue weighted by Gasteiger charge is -2.39. The molecule has 5 heteroatoms. The van der Waals surface area contributed by atoms with Crippen LogP contribution in [0.3, 0.4) is 0 Å². The van der Waals surface area contributed by atoms with Gasteiger partial charge >= 0.3 is 0 Å². The van der Waals surface area contributed by atoms with Crippen molar-refractivity contribution in [1.82, 2.24) is 10.6 Å². The molecule has 24 heavy (non-hydrogen) atoms. The second kappa shape index (κ2) is 7.42. The molecule has 1 aromatic carbocycles. The number of halogens is 1. The number of carbonyl (C=O) groups is 1. The van der Waals surface area contributed by atoms with Gasteiger partial charge < -0.3 is 15.4 Å². The normalized spacial score (nSPS) is 31.1. The lowest BCUT2D eigenvalue weighted by Crippen LogP contribution is -2.54. The number of ether oxygens (including phenoxy) is 1. The summed E-state index contributed by atoms with van der Waals surface area (Å²) in [6.07, 6.45) is 6.22. The average Bonchev–Trinajstić information content (AvgIpc) is 2.95. The summed E-state index contributed by atoms with van der Waals surface area (Å²) >= 11 is 0. The number of fused-ring (bicyclic) bond motifs is 2. The highest BCUT2D eigenvalue weighted by Crippen LogP contribution is 2.36. The molecule has 4 rings (SSSR count). The Bertz CT molecular complexity index is 548. The molecule has 0 radical (unpaired) electrons. The Hall–Kier alpha value is -1.10. The fraction of sp³-hybridized carbons (Fsp3) is 0.632. The summed E-state index contributed by atoms with van der Waals surface area (Å²) in [7, 11) is 0. The van der Waals surface area contributed by atoms with Crippen LogP contribution < -0.4 is 10.6 Å². The molecule has 3 aliphatic heterocycles. The van der Waals surface area contributed by atoms with Crippen LogP contribution in [0.1, 0.15) is 44.1 Å². The van der Waals surface area contributed by atoms with E-state index in [1.165, 1.54) is 12.8 Å². The molecular formula is C19H27ClN2O2. The number of carbonyl (C=O) groups excluding carboxylic acids is 1. The van der Waals surface area contributed by atoms with Gasteiger partial charge in [-0.3, -0.25) is 4.79 Å². The molecule has 3 fully saturated rings. The summed E-state index contributed by atoms with van der Waals surface area (Å²) in [5, 5.41) is 7.04. The summed E-state index contributed by atoms with van der Waals surface area (Å²) in [4.78, 5) is 13.2. The fourth-order valence-corrected chi connectivity index (χ4v) is 4.62. The maximum absolute atomic E-state index is 13.2. The summed E-state index contributed by atoms with van der Waals surface area (Å²) in [6.45, 7) is 1.33.